The summed E-state index contributed by atoms with van der Waals surface area (Å²) >= 11 is 0. The average Bonchev–Trinajstić information content (AvgIpc) is 2.48. The molecule has 0 radical (unpaired) electrons. The molecule has 0 heterocycles. The summed E-state index contributed by atoms with van der Waals surface area (Å²) in [4.78, 5) is 0. The predicted molar refractivity (Wildman–Crippen MR) is 79.9 cm³/mol. The lowest BCUT2D eigenvalue weighted by molar-refractivity contribution is 1.41. The monoisotopic (exact) mass is 246 g/mol. The Morgan fingerprint density at radius 1 is 0.842 bits per heavy atom. The molecule has 0 aliphatic heterocycles. The normalized spacial score (nSPS) is 16.1. The minimum Gasteiger partial charge on any atom is -0.398 e. The highest BCUT2D eigenvalue weighted by atomic mass is 14.6. The molecule has 2 nitrogen and oxygen atoms in total. The summed E-state index contributed by atoms with van der Waals surface area (Å²) in [6.07, 6.45) is 3.94. The van der Waals surface area contributed by atoms with E-state index in [1.165, 1.54) is 0 Å². The molecule has 0 saturated heterocycles. The van der Waals surface area contributed by atoms with Gasteiger partial charge in [-0.05, 0) is 11.1 Å². The first-order valence-electron chi connectivity index (χ1n) is 6.19. The summed E-state index contributed by atoms with van der Waals surface area (Å²) in [6.45, 7) is 0. The fourth-order valence-corrected chi connectivity index (χ4v) is 2.27. The highest BCUT2D eigenvalue weighted by Crippen LogP contribution is 2.26. The van der Waals surface area contributed by atoms with Crippen LogP contribution in [0.2, 0.25) is 0 Å². The van der Waals surface area contributed by atoms with E-state index in [2.05, 4.69) is 0 Å². The number of benzene rings is 2. The van der Waals surface area contributed by atoms with Gasteiger partial charge >= 0.3 is 0 Å². The fourth-order valence-electron chi connectivity index (χ4n) is 2.27. The van der Waals surface area contributed by atoms with Crippen LogP contribution in [0.5, 0.6) is 0 Å². The molecule has 0 unspecified atom stereocenters. The molecule has 2 aromatic rings. The van der Waals surface area contributed by atoms with Crippen molar-refractivity contribution in [2.75, 3.05) is 0 Å². The van der Waals surface area contributed by atoms with Crippen molar-refractivity contribution >= 4 is 17.5 Å². The molecular formula is C17H14N2. The zero-order valence-corrected chi connectivity index (χ0v) is 10.4. The molecular weight excluding hydrogens is 232 g/mol. The molecule has 2 heteroatoms. The summed E-state index contributed by atoms with van der Waals surface area (Å²) in [5, 5.41) is 8.32. The molecule has 3 rings (SSSR count). The molecule has 0 fully saturated rings. The van der Waals surface area contributed by atoms with Crippen LogP contribution >= 0.6 is 0 Å². The van der Waals surface area contributed by atoms with Crippen molar-refractivity contribution in [3.8, 4) is 0 Å². The zero-order chi connectivity index (χ0) is 13.2. The second-order valence-corrected chi connectivity index (χ2v) is 4.49. The van der Waals surface area contributed by atoms with Gasteiger partial charge in [-0.1, -0.05) is 66.7 Å². The third kappa shape index (κ3) is 1.97. The van der Waals surface area contributed by atoms with Gasteiger partial charge < -0.3 is 5.73 Å². The smallest absolute Gasteiger partial charge is 0.0711 e. The Morgan fingerprint density at radius 2 is 1.53 bits per heavy atom. The van der Waals surface area contributed by atoms with Gasteiger partial charge in [0.1, 0.15) is 0 Å². The second-order valence-electron chi connectivity index (χ2n) is 4.49. The van der Waals surface area contributed by atoms with Crippen molar-refractivity contribution in [3.63, 3.8) is 0 Å². The van der Waals surface area contributed by atoms with E-state index in [1.807, 2.05) is 66.7 Å². The van der Waals surface area contributed by atoms with Gasteiger partial charge in [0.05, 0.1) is 5.71 Å². The van der Waals surface area contributed by atoms with E-state index < -0.39 is 0 Å². The number of nitrogens with one attached hydrogen (secondary N) is 1. The quantitative estimate of drug-likeness (QED) is 0.795. The van der Waals surface area contributed by atoms with Gasteiger partial charge in [-0.15, -0.1) is 0 Å². The van der Waals surface area contributed by atoms with Crippen LogP contribution in [0.4, 0.5) is 0 Å². The molecule has 0 saturated carbocycles. The highest BCUT2D eigenvalue weighted by Gasteiger charge is 2.16. The van der Waals surface area contributed by atoms with Crippen LogP contribution in [-0.4, -0.2) is 5.71 Å². The number of fused-ring (bicyclic) bond motifs is 1. The van der Waals surface area contributed by atoms with Crippen LogP contribution in [0.15, 0.2) is 66.2 Å². The first-order chi connectivity index (χ1) is 9.27. The number of hydrogen-bond donors (Lipinski definition) is 2. The number of hydrogen-bond acceptors (Lipinski definition) is 2. The number of nitrogens with two attached hydrogens (primary N) is 1. The average molecular weight is 246 g/mol. The maximum absolute atomic E-state index is 8.32. The summed E-state index contributed by atoms with van der Waals surface area (Å²) in [7, 11) is 0. The molecule has 3 N–H and O–H groups in total. The predicted octanol–water partition coefficient (Wildman–Crippen LogP) is 3.45. The van der Waals surface area contributed by atoms with E-state index in [9.17, 15) is 0 Å². The molecule has 2 aromatic carbocycles. The molecule has 19 heavy (non-hydrogen) atoms. The van der Waals surface area contributed by atoms with Crippen molar-refractivity contribution < 1.29 is 0 Å². The topological polar surface area (TPSA) is 49.9 Å². The van der Waals surface area contributed by atoms with Crippen LogP contribution < -0.4 is 5.73 Å². The molecule has 1 aliphatic carbocycles. The molecule has 0 amide bonds. The number of allylic oxidation sites excluding steroid dienone is 2. The molecule has 1 aliphatic rings. The van der Waals surface area contributed by atoms with Crippen LogP contribution in [0.1, 0.15) is 16.7 Å². The van der Waals surface area contributed by atoms with Crippen molar-refractivity contribution in [1.29, 1.82) is 5.41 Å². The third-order valence-electron chi connectivity index (χ3n) is 3.30. The van der Waals surface area contributed by atoms with Crippen molar-refractivity contribution in [2.24, 2.45) is 5.73 Å². The lowest BCUT2D eigenvalue weighted by Gasteiger charge is -2.16. The lowest BCUT2D eigenvalue weighted by Crippen LogP contribution is -2.13. The SMILES string of the molecule is N=C1/C(=C(\N)c2ccccc2)C=Cc2ccccc21. The summed E-state index contributed by atoms with van der Waals surface area (Å²) in [5.74, 6) is 0. The summed E-state index contributed by atoms with van der Waals surface area (Å²) < 4.78 is 0. The Bertz CT molecular complexity index is 694. The molecule has 0 bridgehead atoms. The lowest BCUT2D eigenvalue weighted by atomic mass is 9.89. The van der Waals surface area contributed by atoms with Gasteiger partial charge in [0, 0.05) is 16.8 Å². The Balaban J connectivity index is 2.12. The van der Waals surface area contributed by atoms with E-state index in [0.29, 0.717) is 11.4 Å². The maximum atomic E-state index is 8.32. The minimum atomic E-state index is 0.486. The highest BCUT2D eigenvalue weighted by molar-refractivity contribution is 6.20. The maximum Gasteiger partial charge on any atom is 0.0711 e. The van der Waals surface area contributed by atoms with E-state index in [-0.39, 0.29) is 0 Å². The van der Waals surface area contributed by atoms with Crippen LogP contribution in [0, 0.1) is 5.41 Å². The molecule has 0 spiro atoms. The number of rotatable bonds is 1. The third-order valence-corrected chi connectivity index (χ3v) is 3.30. The van der Waals surface area contributed by atoms with E-state index in [0.717, 1.165) is 22.3 Å². The molecule has 0 atom stereocenters. The first-order valence-corrected chi connectivity index (χ1v) is 6.19. The Kier molecular flexibility index (Phi) is 2.76. The van der Waals surface area contributed by atoms with Gasteiger partial charge in [-0.2, -0.15) is 0 Å². The van der Waals surface area contributed by atoms with Gasteiger partial charge in [0.25, 0.3) is 0 Å². The van der Waals surface area contributed by atoms with Crippen LogP contribution in [-0.2, 0) is 0 Å². The Hall–Kier alpha value is -2.61. The van der Waals surface area contributed by atoms with E-state index in [1.54, 1.807) is 0 Å². The van der Waals surface area contributed by atoms with Crippen LogP contribution in [0.3, 0.4) is 0 Å². The Labute approximate surface area is 112 Å². The van der Waals surface area contributed by atoms with Crippen molar-refractivity contribution in [1.82, 2.24) is 0 Å². The van der Waals surface area contributed by atoms with Gasteiger partial charge in [0.15, 0.2) is 0 Å². The Morgan fingerprint density at radius 3 is 2.32 bits per heavy atom. The zero-order valence-electron chi connectivity index (χ0n) is 10.4. The molecule has 92 valence electrons. The minimum absolute atomic E-state index is 0.486. The van der Waals surface area contributed by atoms with E-state index >= 15 is 0 Å². The summed E-state index contributed by atoms with van der Waals surface area (Å²) in [6, 6.07) is 17.7. The fraction of sp³-hybridized carbons (Fsp3) is 0. The van der Waals surface area contributed by atoms with Crippen molar-refractivity contribution in [3.05, 3.63) is 82.9 Å². The van der Waals surface area contributed by atoms with Gasteiger partial charge in [-0.3, -0.25) is 5.41 Å². The van der Waals surface area contributed by atoms with Crippen molar-refractivity contribution in [2.45, 2.75) is 0 Å². The summed E-state index contributed by atoms with van der Waals surface area (Å²) in [5.41, 5.74) is 11.1. The van der Waals surface area contributed by atoms with Crippen LogP contribution in [0.25, 0.3) is 11.8 Å². The standard InChI is InChI=1S/C17H14N2/c18-16(13-7-2-1-3-8-13)15-11-10-12-6-4-5-9-14(12)17(15)19/h1-11,19H,18H2/b16-15-,19-17?. The second kappa shape index (κ2) is 4.58. The van der Waals surface area contributed by atoms with Gasteiger partial charge in [0.2, 0.25) is 0 Å². The molecule has 0 aromatic heterocycles. The first kappa shape index (κ1) is 11.5. The largest absolute Gasteiger partial charge is 0.398 e. The van der Waals surface area contributed by atoms with Gasteiger partial charge in [-0.25, -0.2) is 0 Å². The van der Waals surface area contributed by atoms with E-state index in [4.69, 9.17) is 11.1 Å².